The van der Waals surface area contributed by atoms with E-state index in [1.807, 2.05) is 12.1 Å². The van der Waals surface area contributed by atoms with Crippen molar-refractivity contribution >= 4 is 0 Å². The van der Waals surface area contributed by atoms with E-state index in [9.17, 15) is 0 Å². The molecule has 3 rings (SSSR count). The van der Waals surface area contributed by atoms with Crippen molar-refractivity contribution in [2.75, 3.05) is 27.3 Å². The van der Waals surface area contributed by atoms with Crippen molar-refractivity contribution in [2.24, 2.45) is 11.7 Å². The highest BCUT2D eigenvalue weighted by atomic mass is 16.5. The van der Waals surface area contributed by atoms with Gasteiger partial charge in [0, 0.05) is 25.2 Å². The van der Waals surface area contributed by atoms with Crippen molar-refractivity contribution in [1.82, 2.24) is 4.90 Å². The van der Waals surface area contributed by atoms with Gasteiger partial charge in [0.2, 0.25) is 0 Å². The van der Waals surface area contributed by atoms with Crippen LogP contribution in [-0.2, 0) is 6.54 Å². The van der Waals surface area contributed by atoms with Crippen molar-refractivity contribution in [2.45, 2.75) is 24.9 Å². The molecule has 0 amide bonds. The summed E-state index contributed by atoms with van der Waals surface area (Å²) in [6.45, 7) is 2.98. The number of benzene rings is 1. The van der Waals surface area contributed by atoms with E-state index < -0.39 is 0 Å². The Labute approximate surface area is 114 Å². The smallest absolute Gasteiger partial charge is 0.161 e. The topological polar surface area (TPSA) is 47.7 Å². The molecular weight excluding hydrogens is 240 g/mol. The Kier molecular flexibility index (Phi) is 3.15. The normalized spacial score (nSPS) is 21.8. The number of nitrogens with zero attached hydrogens (tertiary/aromatic N) is 1. The third-order valence-corrected chi connectivity index (χ3v) is 4.28. The molecule has 1 saturated heterocycles. The van der Waals surface area contributed by atoms with Crippen molar-refractivity contribution in [3.63, 3.8) is 0 Å². The average Bonchev–Trinajstić information content (AvgIpc) is 3.21. The third kappa shape index (κ3) is 2.42. The van der Waals surface area contributed by atoms with Crippen LogP contribution in [0.1, 0.15) is 18.4 Å². The molecule has 0 atom stereocenters. The van der Waals surface area contributed by atoms with Crippen molar-refractivity contribution < 1.29 is 9.47 Å². The Bertz CT molecular complexity index is 465. The van der Waals surface area contributed by atoms with Crippen LogP contribution in [0.25, 0.3) is 0 Å². The van der Waals surface area contributed by atoms with Gasteiger partial charge in [0.1, 0.15) is 0 Å². The van der Waals surface area contributed by atoms with Gasteiger partial charge >= 0.3 is 0 Å². The van der Waals surface area contributed by atoms with E-state index in [0.29, 0.717) is 0 Å². The molecular formula is C15H22N2O2. The molecule has 2 fully saturated rings. The largest absolute Gasteiger partial charge is 0.493 e. The lowest BCUT2D eigenvalue weighted by Gasteiger charge is -2.48. The maximum atomic E-state index is 6.37. The minimum atomic E-state index is 0.0938. The first-order valence-electron chi connectivity index (χ1n) is 6.87. The highest BCUT2D eigenvalue weighted by Crippen LogP contribution is 2.43. The Morgan fingerprint density at radius 3 is 2.47 bits per heavy atom. The summed E-state index contributed by atoms with van der Waals surface area (Å²) < 4.78 is 10.6. The molecule has 0 radical (unpaired) electrons. The van der Waals surface area contributed by atoms with E-state index >= 15 is 0 Å². The van der Waals surface area contributed by atoms with E-state index in [0.717, 1.165) is 37.1 Å². The Morgan fingerprint density at radius 2 is 1.89 bits per heavy atom. The summed E-state index contributed by atoms with van der Waals surface area (Å²) in [7, 11) is 3.33. The van der Waals surface area contributed by atoms with Crippen LogP contribution in [0.2, 0.25) is 0 Å². The number of likely N-dealkylation sites (tertiary alicyclic amines) is 1. The SMILES string of the molecule is COc1ccc(CN2CC(N)(C3CC3)C2)cc1OC. The maximum Gasteiger partial charge on any atom is 0.161 e. The second-order valence-electron chi connectivity index (χ2n) is 5.84. The summed E-state index contributed by atoms with van der Waals surface area (Å²) in [6.07, 6.45) is 2.64. The van der Waals surface area contributed by atoms with Crippen molar-refractivity contribution in [1.29, 1.82) is 0 Å². The second-order valence-corrected chi connectivity index (χ2v) is 5.84. The Hall–Kier alpha value is -1.26. The van der Waals surface area contributed by atoms with E-state index in [1.165, 1.54) is 18.4 Å². The molecule has 104 valence electrons. The van der Waals surface area contributed by atoms with Crippen LogP contribution in [-0.4, -0.2) is 37.7 Å². The van der Waals surface area contributed by atoms with Crippen LogP contribution in [0, 0.1) is 5.92 Å². The standard InChI is InChI=1S/C15H22N2O2/c1-18-13-6-3-11(7-14(13)19-2)8-17-9-15(16,10-17)12-4-5-12/h3,6-7,12H,4-5,8-10,16H2,1-2H3. The van der Waals surface area contributed by atoms with Gasteiger partial charge < -0.3 is 15.2 Å². The molecule has 0 unspecified atom stereocenters. The van der Waals surface area contributed by atoms with Crippen LogP contribution in [0.15, 0.2) is 18.2 Å². The summed E-state index contributed by atoms with van der Waals surface area (Å²) in [5, 5.41) is 0. The van der Waals surface area contributed by atoms with Gasteiger partial charge in [-0.15, -0.1) is 0 Å². The Balaban J connectivity index is 1.61. The van der Waals surface area contributed by atoms with Crippen LogP contribution in [0.5, 0.6) is 11.5 Å². The number of hydrogen-bond acceptors (Lipinski definition) is 4. The Morgan fingerprint density at radius 1 is 1.21 bits per heavy atom. The molecule has 1 aliphatic heterocycles. The zero-order valence-electron chi connectivity index (χ0n) is 11.7. The molecule has 0 spiro atoms. The monoisotopic (exact) mass is 262 g/mol. The summed E-state index contributed by atoms with van der Waals surface area (Å²) in [5.41, 5.74) is 7.71. The zero-order valence-corrected chi connectivity index (χ0v) is 11.7. The molecule has 1 heterocycles. The lowest BCUT2D eigenvalue weighted by Crippen LogP contribution is -2.68. The zero-order chi connectivity index (χ0) is 13.5. The van der Waals surface area contributed by atoms with E-state index in [1.54, 1.807) is 14.2 Å². The molecule has 0 aromatic heterocycles. The fraction of sp³-hybridized carbons (Fsp3) is 0.600. The number of hydrogen-bond donors (Lipinski definition) is 1. The first-order valence-corrected chi connectivity index (χ1v) is 6.87. The van der Waals surface area contributed by atoms with Gasteiger partial charge in [-0.1, -0.05) is 6.07 Å². The summed E-state index contributed by atoms with van der Waals surface area (Å²) in [4.78, 5) is 2.40. The third-order valence-electron chi connectivity index (χ3n) is 4.28. The predicted molar refractivity (Wildman–Crippen MR) is 74.5 cm³/mol. The van der Waals surface area contributed by atoms with Crippen molar-refractivity contribution in [3.05, 3.63) is 23.8 Å². The first kappa shape index (κ1) is 12.8. The molecule has 1 aromatic carbocycles. The second kappa shape index (κ2) is 4.69. The molecule has 2 N–H and O–H groups in total. The lowest BCUT2D eigenvalue weighted by molar-refractivity contribution is 0.0477. The highest BCUT2D eigenvalue weighted by Gasteiger charge is 2.49. The summed E-state index contributed by atoms with van der Waals surface area (Å²) >= 11 is 0. The summed E-state index contributed by atoms with van der Waals surface area (Å²) in [6, 6.07) is 6.10. The molecule has 4 nitrogen and oxygen atoms in total. The van der Waals surface area contributed by atoms with Gasteiger partial charge in [0.15, 0.2) is 11.5 Å². The molecule has 19 heavy (non-hydrogen) atoms. The van der Waals surface area contributed by atoms with Crippen LogP contribution < -0.4 is 15.2 Å². The molecule has 1 saturated carbocycles. The fourth-order valence-electron chi connectivity index (χ4n) is 3.05. The molecule has 1 aromatic rings. The quantitative estimate of drug-likeness (QED) is 0.876. The van der Waals surface area contributed by atoms with Crippen LogP contribution in [0.3, 0.4) is 0 Å². The van der Waals surface area contributed by atoms with E-state index in [4.69, 9.17) is 15.2 Å². The van der Waals surface area contributed by atoms with Crippen LogP contribution >= 0.6 is 0 Å². The first-order chi connectivity index (χ1) is 9.14. The van der Waals surface area contributed by atoms with Crippen molar-refractivity contribution in [3.8, 4) is 11.5 Å². The van der Waals surface area contributed by atoms with Gasteiger partial charge in [-0.25, -0.2) is 0 Å². The van der Waals surface area contributed by atoms with Gasteiger partial charge in [-0.2, -0.15) is 0 Å². The fourth-order valence-corrected chi connectivity index (χ4v) is 3.05. The average molecular weight is 262 g/mol. The number of nitrogens with two attached hydrogens (primary N) is 1. The van der Waals surface area contributed by atoms with Crippen LogP contribution in [0.4, 0.5) is 0 Å². The minimum Gasteiger partial charge on any atom is -0.493 e. The minimum absolute atomic E-state index is 0.0938. The van der Waals surface area contributed by atoms with Gasteiger partial charge in [-0.3, -0.25) is 4.90 Å². The maximum absolute atomic E-state index is 6.37. The predicted octanol–water partition coefficient (Wildman–Crippen LogP) is 1.63. The van der Waals surface area contributed by atoms with Gasteiger partial charge in [-0.05, 0) is 36.5 Å². The number of methoxy groups -OCH3 is 2. The highest BCUT2D eigenvalue weighted by molar-refractivity contribution is 5.43. The molecule has 4 heteroatoms. The van der Waals surface area contributed by atoms with Gasteiger partial charge in [0.25, 0.3) is 0 Å². The van der Waals surface area contributed by atoms with E-state index in [-0.39, 0.29) is 5.54 Å². The van der Waals surface area contributed by atoms with Gasteiger partial charge in [0.05, 0.1) is 14.2 Å². The lowest BCUT2D eigenvalue weighted by atomic mass is 9.85. The molecule has 0 bridgehead atoms. The molecule has 1 aliphatic carbocycles. The summed E-state index contributed by atoms with van der Waals surface area (Å²) in [5.74, 6) is 2.34. The van der Waals surface area contributed by atoms with E-state index in [2.05, 4.69) is 11.0 Å². The number of ether oxygens (including phenoxy) is 2. The number of rotatable bonds is 5. The molecule has 2 aliphatic rings.